The molecule has 80 valence electrons. The maximum Gasteiger partial charge on any atom is 0.215 e. The Morgan fingerprint density at radius 3 is 2.62 bits per heavy atom. The van der Waals surface area contributed by atoms with Gasteiger partial charge in [0.1, 0.15) is 11.5 Å². The summed E-state index contributed by atoms with van der Waals surface area (Å²) in [7, 11) is 0. The van der Waals surface area contributed by atoms with Crippen molar-refractivity contribution in [1.29, 1.82) is 0 Å². The van der Waals surface area contributed by atoms with Crippen LogP contribution in [0, 0.1) is 5.82 Å². The summed E-state index contributed by atoms with van der Waals surface area (Å²) in [5.74, 6) is -0.962. The standard InChI is InChI=1S/C12H7BrFNO/c13-9-5-3-7-15-11(9)12(16)8-4-1-2-6-10(8)14/h1-7H. The molecule has 0 radical (unpaired) electrons. The SMILES string of the molecule is O=C(c1ccccc1F)c1ncccc1Br. The van der Waals surface area contributed by atoms with Crippen molar-refractivity contribution in [3.8, 4) is 0 Å². The molecule has 0 atom stereocenters. The highest BCUT2D eigenvalue weighted by Gasteiger charge is 2.16. The zero-order chi connectivity index (χ0) is 11.5. The summed E-state index contributed by atoms with van der Waals surface area (Å²) in [4.78, 5) is 15.9. The average molecular weight is 280 g/mol. The van der Waals surface area contributed by atoms with Crippen LogP contribution in [-0.2, 0) is 0 Å². The van der Waals surface area contributed by atoms with E-state index in [0.717, 1.165) is 0 Å². The number of carbonyl (C=O) groups is 1. The monoisotopic (exact) mass is 279 g/mol. The minimum absolute atomic E-state index is 0.0295. The lowest BCUT2D eigenvalue weighted by atomic mass is 10.1. The first-order valence-corrected chi connectivity index (χ1v) is 5.39. The molecule has 0 fully saturated rings. The molecule has 1 aromatic heterocycles. The Morgan fingerprint density at radius 1 is 1.19 bits per heavy atom. The highest BCUT2D eigenvalue weighted by molar-refractivity contribution is 9.10. The van der Waals surface area contributed by atoms with E-state index in [1.54, 1.807) is 24.3 Å². The van der Waals surface area contributed by atoms with Crippen LogP contribution in [0.25, 0.3) is 0 Å². The number of hydrogen-bond donors (Lipinski definition) is 0. The maximum absolute atomic E-state index is 13.4. The number of ketones is 1. The highest BCUT2D eigenvalue weighted by atomic mass is 79.9. The quantitative estimate of drug-likeness (QED) is 0.790. The molecule has 0 aliphatic heterocycles. The van der Waals surface area contributed by atoms with Crippen molar-refractivity contribution in [3.05, 3.63) is 64.1 Å². The van der Waals surface area contributed by atoms with Crippen LogP contribution in [0.2, 0.25) is 0 Å². The van der Waals surface area contributed by atoms with Crippen LogP contribution in [0.15, 0.2) is 47.1 Å². The summed E-state index contributed by atoms with van der Waals surface area (Å²) in [5.41, 5.74) is 0.245. The summed E-state index contributed by atoms with van der Waals surface area (Å²) in [5, 5.41) is 0. The van der Waals surface area contributed by atoms with Crippen LogP contribution in [0.1, 0.15) is 16.1 Å². The van der Waals surface area contributed by atoms with Crippen molar-refractivity contribution >= 4 is 21.7 Å². The van der Waals surface area contributed by atoms with E-state index in [2.05, 4.69) is 20.9 Å². The number of aromatic nitrogens is 1. The van der Waals surface area contributed by atoms with Crippen LogP contribution in [0.4, 0.5) is 4.39 Å². The topological polar surface area (TPSA) is 30.0 Å². The molecule has 0 N–H and O–H groups in total. The lowest BCUT2D eigenvalue weighted by molar-refractivity contribution is 0.103. The van der Waals surface area contributed by atoms with Crippen molar-refractivity contribution in [3.63, 3.8) is 0 Å². The van der Waals surface area contributed by atoms with Gasteiger partial charge in [0.15, 0.2) is 0 Å². The fourth-order valence-electron chi connectivity index (χ4n) is 1.33. The van der Waals surface area contributed by atoms with Crippen molar-refractivity contribution in [2.75, 3.05) is 0 Å². The number of halogens is 2. The van der Waals surface area contributed by atoms with Crippen molar-refractivity contribution < 1.29 is 9.18 Å². The van der Waals surface area contributed by atoms with Gasteiger partial charge in [0, 0.05) is 10.7 Å². The first kappa shape index (κ1) is 11.0. The van der Waals surface area contributed by atoms with Gasteiger partial charge in [0.05, 0.1) is 5.56 Å². The van der Waals surface area contributed by atoms with Crippen LogP contribution in [0.3, 0.4) is 0 Å². The molecular formula is C12H7BrFNO. The van der Waals surface area contributed by atoms with Gasteiger partial charge in [-0.1, -0.05) is 12.1 Å². The molecule has 0 unspecified atom stereocenters. The second-order valence-corrected chi connectivity index (χ2v) is 4.00. The summed E-state index contributed by atoms with van der Waals surface area (Å²) in [6, 6.07) is 9.25. The van der Waals surface area contributed by atoms with E-state index in [9.17, 15) is 9.18 Å². The van der Waals surface area contributed by atoms with Crippen molar-refractivity contribution in [2.45, 2.75) is 0 Å². The number of nitrogens with zero attached hydrogens (tertiary/aromatic N) is 1. The third kappa shape index (κ3) is 2.02. The molecule has 0 aliphatic rings. The van der Waals surface area contributed by atoms with Gasteiger partial charge >= 0.3 is 0 Å². The van der Waals surface area contributed by atoms with E-state index in [1.807, 2.05) is 0 Å². The second-order valence-electron chi connectivity index (χ2n) is 3.14. The molecule has 1 aromatic carbocycles. The van der Waals surface area contributed by atoms with Crippen molar-refractivity contribution in [2.24, 2.45) is 0 Å². The molecule has 0 amide bonds. The van der Waals surface area contributed by atoms with Gasteiger partial charge in [-0.15, -0.1) is 0 Å². The molecule has 4 heteroatoms. The normalized spacial score (nSPS) is 10.1. The summed E-state index contributed by atoms with van der Waals surface area (Å²) < 4.78 is 14.0. The lowest BCUT2D eigenvalue weighted by Gasteiger charge is -2.03. The lowest BCUT2D eigenvalue weighted by Crippen LogP contribution is -2.07. The third-order valence-corrected chi connectivity index (χ3v) is 2.73. The van der Waals surface area contributed by atoms with Crippen LogP contribution in [-0.4, -0.2) is 10.8 Å². The van der Waals surface area contributed by atoms with Gasteiger partial charge in [0.2, 0.25) is 5.78 Å². The molecule has 16 heavy (non-hydrogen) atoms. The van der Waals surface area contributed by atoms with Gasteiger partial charge < -0.3 is 0 Å². The minimum atomic E-state index is -0.537. The first-order valence-electron chi connectivity index (χ1n) is 4.60. The van der Waals surface area contributed by atoms with E-state index in [4.69, 9.17) is 0 Å². The van der Waals surface area contributed by atoms with Gasteiger partial charge in [-0.25, -0.2) is 4.39 Å². The number of carbonyl (C=O) groups excluding carboxylic acids is 1. The number of benzene rings is 1. The minimum Gasteiger partial charge on any atom is -0.287 e. The second kappa shape index (κ2) is 4.53. The smallest absolute Gasteiger partial charge is 0.215 e. The van der Waals surface area contributed by atoms with Crippen LogP contribution < -0.4 is 0 Å². The van der Waals surface area contributed by atoms with E-state index in [0.29, 0.717) is 4.47 Å². The Morgan fingerprint density at radius 2 is 1.94 bits per heavy atom. The Bertz CT molecular complexity index is 495. The first-order chi connectivity index (χ1) is 7.70. The molecule has 0 saturated carbocycles. The van der Waals surface area contributed by atoms with Crippen molar-refractivity contribution in [1.82, 2.24) is 4.98 Å². The van der Waals surface area contributed by atoms with Gasteiger partial charge in [0.25, 0.3) is 0 Å². The molecule has 2 rings (SSSR count). The fraction of sp³-hybridized carbons (Fsp3) is 0. The van der Waals surface area contributed by atoms with E-state index in [-0.39, 0.29) is 11.3 Å². The zero-order valence-corrected chi connectivity index (χ0v) is 9.74. The van der Waals surface area contributed by atoms with E-state index in [1.165, 1.54) is 18.3 Å². The molecule has 0 aliphatic carbocycles. The van der Waals surface area contributed by atoms with E-state index >= 15 is 0 Å². The molecule has 0 saturated heterocycles. The zero-order valence-electron chi connectivity index (χ0n) is 8.15. The molecule has 1 heterocycles. The molecular weight excluding hydrogens is 273 g/mol. The molecule has 0 spiro atoms. The molecule has 2 nitrogen and oxygen atoms in total. The highest BCUT2D eigenvalue weighted by Crippen LogP contribution is 2.18. The van der Waals surface area contributed by atoms with Gasteiger partial charge in [-0.2, -0.15) is 0 Å². The Kier molecular flexibility index (Phi) is 3.10. The van der Waals surface area contributed by atoms with Crippen LogP contribution in [0.5, 0.6) is 0 Å². The Labute approximate surface area is 100 Å². The predicted octanol–water partition coefficient (Wildman–Crippen LogP) is 3.21. The Hall–Kier alpha value is -1.55. The van der Waals surface area contributed by atoms with Gasteiger partial charge in [-0.3, -0.25) is 9.78 Å². The van der Waals surface area contributed by atoms with Crippen LogP contribution >= 0.6 is 15.9 Å². The number of hydrogen-bond acceptors (Lipinski definition) is 2. The molecule has 2 aromatic rings. The molecule has 0 bridgehead atoms. The average Bonchev–Trinajstić information content (AvgIpc) is 2.29. The Balaban J connectivity index is 2.48. The summed E-state index contributed by atoms with van der Waals surface area (Å²) >= 11 is 3.21. The largest absolute Gasteiger partial charge is 0.287 e. The fourth-order valence-corrected chi connectivity index (χ4v) is 1.76. The van der Waals surface area contributed by atoms with E-state index < -0.39 is 11.6 Å². The maximum atomic E-state index is 13.4. The summed E-state index contributed by atoms with van der Waals surface area (Å²) in [6.45, 7) is 0. The van der Waals surface area contributed by atoms with Gasteiger partial charge in [-0.05, 0) is 40.2 Å². The summed E-state index contributed by atoms with van der Waals surface area (Å²) in [6.07, 6.45) is 1.50. The third-order valence-electron chi connectivity index (χ3n) is 2.09. The predicted molar refractivity (Wildman–Crippen MR) is 61.8 cm³/mol. The number of rotatable bonds is 2. The number of pyridine rings is 1.